The van der Waals surface area contributed by atoms with Gasteiger partial charge in [0, 0.05) is 18.1 Å². The molecule has 0 aliphatic carbocycles. The molecule has 0 atom stereocenters. The third-order valence-corrected chi connectivity index (χ3v) is 3.69. The molecule has 0 unspecified atom stereocenters. The maximum atomic E-state index is 12.5. The van der Waals surface area contributed by atoms with Gasteiger partial charge in [0.05, 0.1) is 24.0 Å². The fourth-order valence-electron chi connectivity index (χ4n) is 2.41. The highest BCUT2D eigenvalue weighted by molar-refractivity contribution is 5.90. The summed E-state index contributed by atoms with van der Waals surface area (Å²) in [6.45, 7) is 9.76. The van der Waals surface area contributed by atoms with E-state index in [-0.39, 0.29) is 12.0 Å². The van der Waals surface area contributed by atoms with Crippen molar-refractivity contribution >= 4 is 27.9 Å². The number of ether oxygens (including phenoxy) is 2. The van der Waals surface area contributed by atoms with E-state index in [9.17, 15) is 9.59 Å². The maximum absolute atomic E-state index is 12.5. The minimum absolute atomic E-state index is 0.0601. The summed E-state index contributed by atoms with van der Waals surface area (Å²) < 4.78 is 16.4. The van der Waals surface area contributed by atoms with Crippen LogP contribution in [0.4, 0.5) is 0 Å². The van der Waals surface area contributed by atoms with Crippen LogP contribution >= 0.6 is 0 Å². The first-order valence-electron chi connectivity index (χ1n) is 8.97. The van der Waals surface area contributed by atoms with Gasteiger partial charge in [-0.2, -0.15) is 0 Å². The lowest BCUT2D eigenvalue weighted by Crippen LogP contribution is -2.09. The molecule has 3 aromatic rings. The molecular weight excluding hydrogens is 344 g/mol. The van der Waals surface area contributed by atoms with E-state index in [1.165, 1.54) is 0 Å². The van der Waals surface area contributed by atoms with Crippen LogP contribution in [0.15, 0.2) is 63.8 Å². The van der Waals surface area contributed by atoms with E-state index < -0.39 is 5.97 Å². The van der Waals surface area contributed by atoms with Crippen LogP contribution < -0.4 is 10.2 Å². The minimum atomic E-state index is -0.403. The molecule has 0 amide bonds. The lowest BCUT2D eigenvalue weighted by Gasteiger charge is -2.08. The smallest absolute Gasteiger partial charge is 0.333 e. The van der Waals surface area contributed by atoms with Gasteiger partial charge in [0.2, 0.25) is 5.43 Å². The third-order valence-electron chi connectivity index (χ3n) is 3.69. The monoisotopic (exact) mass is 368 g/mol. The number of esters is 1. The highest BCUT2D eigenvalue weighted by atomic mass is 16.5. The van der Waals surface area contributed by atoms with Crippen LogP contribution in [-0.2, 0) is 9.53 Å². The van der Waals surface area contributed by atoms with Gasteiger partial charge in [-0.25, -0.2) is 4.79 Å². The molecule has 0 saturated heterocycles. The normalized spacial score (nSPS) is 10.2. The first kappa shape index (κ1) is 20.2. The quantitative estimate of drug-likeness (QED) is 0.269. The zero-order valence-electron chi connectivity index (χ0n) is 15.9. The number of hydrogen-bond donors (Lipinski definition) is 0. The van der Waals surface area contributed by atoms with Gasteiger partial charge in [-0.1, -0.05) is 32.6 Å². The molecule has 0 saturated carbocycles. The van der Waals surface area contributed by atoms with Crippen molar-refractivity contribution in [1.29, 1.82) is 0 Å². The van der Waals surface area contributed by atoms with Crippen LogP contribution in [0.3, 0.4) is 0 Å². The molecule has 5 heteroatoms. The van der Waals surface area contributed by atoms with Gasteiger partial charge in [-0.05, 0) is 31.2 Å². The number of carbonyl (C=O) groups excluding carboxylic acids is 1. The van der Waals surface area contributed by atoms with E-state index in [1.54, 1.807) is 37.3 Å². The Kier molecular flexibility index (Phi) is 7.17. The lowest BCUT2D eigenvalue weighted by atomic mass is 10.1. The number of rotatable bonds is 6. The van der Waals surface area contributed by atoms with E-state index in [1.807, 2.05) is 26.0 Å². The minimum Gasteiger partial charge on any atom is -0.493 e. The predicted molar refractivity (Wildman–Crippen MR) is 107 cm³/mol. The third kappa shape index (κ3) is 4.97. The Morgan fingerprint density at radius 3 is 2.48 bits per heavy atom. The van der Waals surface area contributed by atoms with Crippen molar-refractivity contribution in [3.8, 4) is 5.75 Å². The summed E-state index contributed by atoms with van der Waals surface area (Å²) in [5, 5.41) is 1.07. The van der Waals surface area contributed by atoms with Crippen molar-refractivity contribution in [2.45, 2.75) is 27.2 Å². The summed E-state index contributed by atoms with van der Waals surface area (Å²) in [6, 6.07) is 12.3. The Bertz CT molecular complexity index is 1000. The second-order valence-electron chi connectivity index (χ2n) is 5.70. The van der Waals surface area contributed by atoms with Crippen molar-refractivity contribution in [3.05, 3.63) is 64.8 Å². The maximum Gasteiger partial charge on any atom is 0.333 e. The van der Waals surface area contributed by atoms with E-state index in [0.717, 1.165) is 0 Å². The van der Waals surface area contributed by atoms with Crippen molar-refractivity contribution in [2.75, 3.05) is 13.2 Å². The summed E-state index contributed by atoms with van der Waals surface area (Å²) in [7, 11) is 0. The summed E-state index contributed by atoms with van der Waals surface area (Å²) >= 11 is 0. The molecule has 2 aromatic carbocycles. The molecular formula is C22H24O5. The highest BCUT2D eigenvalue weighted by Gasteiger charge is 2.08. The topological polar surface area (TPSA) is 65.7 Å². The van der Waals surface area contributed by atoms with E-state index in [2.05, 4.69) is 6.58 Å². The van der Waals surface area contributed by atoms with Crippen molar-refractivity contribution < 1.29 is 18.7 Å². The molecule has 142 valence electrons. The Morgan fingerprint density at radius 2 is 1.74 bits per heavy atom. The van der Waals surface area contributed by atoms with Crippen LogP contribution in [0, 0.1) is 0 Å². The second kappa shape index (κ2) is 9.57. The van der Waals surface area contributed by atoms with E-state index >= 15 is 0 Å². The molecule has 1 heterocycles. The van der Waals surface area contributed by atoms with Crippen LogP contribution in [0.1, 0.15) is 27.2 Å². The Morgan fingerprint density at radius 1 is 1.04 bits per heavy atom. The molecule has 3 rings (SSSR count). The first-order chi connectivity index (χ1) is 13.1. The van der Waals surface area contributed by atoms with Gasteiger partial charge in [-0.3, -0.25) is 4.79 Å². The summed E-state index contributed by atoms with van der Waals surface area (Å²) in [6.07, 6.45) is 0.554. The lowest BCUT2D eigenvalue weighted by molar-refractivity contribution is -0.139. The Labute approximate surface area is 158 Å². The van der Waals surface area contributed by atoms with E-state index in [0.29, 0.717) is 46.3 Å². The number of carbonyl (C=O) groups is 1. The van der Waals surface area contributed by atoms with E-state index in [4.69, 9.17) is 13.9 Å². The number of hydrogen-bond acceptors (Lipinski definition) is 5. The first-order valence-corrected chi connectivity index (χ1v) is 8.97. The molecule has 0 spiro atoms. The van der Waals surface area contributed by atoms with Crippen LogP contribution in [0.2, 0.25) is 0 Å². The zero-order valence-corrected chi connectivity index (χ0v) is 15.9. The van der Waals surface area contributed by atoms with Gasteiger partial charge >= 0.3 is 5.97 Å². The number of benzene rings is 2. The number of para-hydroxylation sites is 1. The van der Waals surface area contributed by atoms with Gasteiger partial charge in [0.1, 0.15) is 16.9 Å². The molecule has 0 aliphatic heterocycles. The van der Waals surface area contributed by atoms with Crippen LogP contribution in [0.5, 0.6) is 5.75 Å². The fourth-order valence-corrected chi connectivity index (χ4v) is 2.41. The van der Waals surface area contributed by atoms with Gasteiger partial charge in [0.25, 0.3) is 0 Å². The van der Waals surface area contributed by atoms with Crippen LogP contribution in [0.25, 0.3) is 21.9 Å². The Hall–Kier alpha value is -3.08. The summed E-state index contributed by atoms with van der Waals surface area (Å²) in [4.78, 5) is 23.7. The van der Waals surface area contributed by atoms with Gasteiger partial charge < -0.3 is 13.9 Å². The fraction of sp³-hybridized carbons (Fsp3) is 0.273. The number of fused-ring (bicyclic) bond motifs is 2. The van der Waals surface area contributed by atoms with Gasteiger partial charge in [-0.15, -0.1) is 0 Å². The predicted octanol–water partition coefficient (Wildman–Crippen LogP) is 4.86. The van der Waals surface area contributed by atoms with Crippen LogP contribution in [-0.4, -0.2) is 19.2 Å². The molecule has 5 nitrogen and oxygen atoms in total. The average molecular weight is 368 g/mol. The van der Waals surface area contributed by atoms with Crippen molar-refractivity contribution in [3.63, 3.8) is 0 Å². The molecule has 0 N–H and O–H groups in total. The molecule has 0 radical (unpaired) electrons. The largest absolute Gasteiger partial charge is 0.493 e. The zero-order chi connectivity index (χ0) is 19.8. The standard InChI is InChI=1S/C20H18O5.C2H6/c1-13(2)20(22)24-11-5-10-23-14-8-9-16-18(12-14)25-17-7-4-3-6-15(17)19(16)21;1-2/h3-4,6-9,12H,1,5,10-11H2,2H3;1-2H3. The SMILES string of the molecule is C=C(C)C(=O)OCCCOc1ccc2c(=O)c3ccccc3oc2c1.CC. The molecule has 27 heavy (non-hydrogen) atoms. The highest BCUT2D eigenvalue weighted by Crippen LogP contribution is 2.22. The molecule has 0 bridgehead atoms. The summed E-state index contributed by atoms with van der Waals surface area (Å²) in [5.74, 6) is 0.191. The molecule has 0 aliphatic rings. The van der Waals surface area contributed by atoms with Crippen molar-refractivity contribution in [1.82, 2.24) is 0 Å². The average Bonchev–Trinajstić information content (AvgIpc) is 2.69. The van der Waals surface area contributed by atoms with Crippen molar-refractivity contribution in [2.24, 2.45) is 0 Å². The molecule has 0 fully saturated rings. The molecule has 1 aromatic heterocycles. The Balaban J connectivity index is 0.00000126. The second-order valence-corrected chi connectivity index (χ2v) is 5.70. The summed E-state index contributed by atoms with van der Waals surface area (Å²) in [5.41, 5.74) is 1.34. The van der Waals surface area contributed by atoms with Gasteiger partial charge in [0.15, 0.2) is 0 Å².